The lowest BCUT2D eigenvalue weighted by atomic mass is 9.69. The zero-order chi connectivity index (χ0) is 30.7. The number of nitrogens with zero attached hydrogens (tertiary/aromatic N) is 3. The number of unbranched alkanes of at least 4 members (excludes halogenated alkanes) is 2. The van der Waals surface area contributed by atoms with Gasteiger partial charge in [-0.25, -0.2) is 0 Å². The average Bonchev–Trinajstić information content (AvgIpc) is 3.38. The summed E-state index contributed by atoms with van der Waals surface area (Å²) in [4.78, 5) is 19.3. The van der Waals surface area contributed by atoms with Crippen LogP contribution in [0.4, 0.5) is 27.6 Å². The van der Waals surface area contributed by atoms with Crippen molar-refractivity contribution < 1.29 is 41.1 Å². The molecule has 1 aliphatic carbocycles. The molecule has 0 spiro atoms. The van der Waals surface area contributed by atoms with Crippen LogP contribution in [0, 0.1) is 5.92 Å². The lowest BCUT2D eigenvalue weighted by Gasteiger charge is -2.45. The number of halogens is 5. The zero-order valence-electron chi connectivity index (χ0n) is 23.6. The fourth-order valence-electron chi connectivity index (χ4n) is 4.82. The van der Waals surface area contributed by atoms with Gasteiger partial charge in [0, 0.05) is 30.0 Å². The maximum Gasteiger partial charge on any atom is 0.417 e. The molecule has 1 N–H and O–H groups in total. The number of amides is 1. The molecule has 0 aliphatic heterocycles. The van der Waals surface area contributed by atoms with Crippen molar-refractivity contribution in [1.29, 1.82) is 0 Å². The maximum atomic E-state index is 13.4. The van der Waals surface area contributed by atoms with Crippen molar-refractivity contribution in [2.75, 3.05) is 11.4 Å². The van der Waals surface area contributed by atoms with E-state index in [9.17, 15) is 31.9 Å². The molecule has 1 saturated carbocycles. The van der Waals surface area contributed by atoms with Gasteiger partial charge in [-0.15, -0.1) is 0 Å². The van der Waals surface area contributed by atoms with Gasteiger partial charge in [0.2, 0.25) is 11.8 Å². The van der Waals surface area contributed by atoms with Gasteiger partial charge in [0.15, 0.2) is 11.4 Å². The molecule has 1 aliphatic rings. The van der Waals surface area contributed by atoms with E-state index in [1.807, 2.05) is 20.8 Å². The predicted molar refractivity (Wildman–Crippen MR) is 145 cm³/mol. The smallest absolute Gasteiger partial charge is 0.417 e. The SMILES string of the molecule is CC(C)(C)c1nc(CCCCCN(c2cccc(-c3ccc(OC(F)F)cc3)c2)C(=O)[C@H]2C[C@](O)(C(F)(F)F)C2)no1. The van der Waals surface area contributed by atoms with Crippen LogP contribution in [-0.4, -0.2) is 46.1 Å². The number of benzene rings is 2. The molecule has 0 saturated heterocycles. The van der Waals surface area contributed by atoms with E-state index in [0.717, 1.165) is 6.42 Å². The van der Waals surface area contributed by atoms with E-state index in [1.165, 1.54) is 17.0 Å². The second-order valence-electron chi connectivity index (χ2n) is 11.7. The summed E-state index contributed by atoms with van der Waals surface area (Å²) in [5.41, 5.74) is -1.28. The summed E-state index contributed by atoms with van der Waals surface area (Å²) < 4.78 is 74.4. The minimum atomic E-state index is -4.81. The number of hydrogen-bond acceptors (Lipinski definition) is 6. The summed E-state index contributed by atoms with van der Waals surface area (Å²) in [7, 11) is 0. The summed E-state index contributed by atoms with van der Waals surface area (Å²) in [6.45, 7) is 3.22. The molecule has 1 heterocycles. The lowest BCUT2D eigenvalue weighted by molar-refractivity contribution is -0.295. The molecule has 3 aromatic rings. The summed E-state index contributed by atoms with van der Waals surface area (Å²) in [5.74, 6) is -0.327. The molecule has 2 aromatic carbocycles. The highest BCUT2D eigenvalue weighted by molar-refractivity contribution is 5.96. The molecular formula is C30H34F5N3O4. The van der Waals surface area contributed by atoms with E-state index >= 15 is 0 Å². The Morgan fingerprint density at radius 3 is 2.36 bits per heavy atom. The van der Waals surface area contributed by atoms with Crippen LogP contribution in [0.1, 0.15) is 64.6 Å². The largest absolute Gasteiger partial charge is 0.435 e. The number of carbonyl (C=O) groups excluding carboxylic acids is 1. The van der Waals surface area contributed by atoms with Gasteiger partial charge < -0.3 is 19.3 Å². The van der Waals surface area contributed by atoms with Gasteiger partial charge in [0.1, 0.15) is 5.75 Å². The third kappa shape index (κ3) is 7.45. The minimum Gasteiger partial charge on any atom is -0.435 e. The van der Waals surface area contributed by atoms with Gasteiger partial charge in [-0.05, 0) is 61.1 Å². The molecular weight excluding hydrogens is 561 g/mol. The van der Waals surface area contributed by atoms with Crippen molar-refractivity contribution in [2.45, 2.75) is 83.1 Å². The van der Waals surface area contributed by atoms with Crippen LogP contribution in [0.25, 0.3) is 11.1 Å². The molecule has 0 atom stereocenters. The summed E-state index contributed by atoms with van der Waals surface area (Å²) in [6.07, 6.45) is -3.63. The Morgan fingerprint density at radius 1 is 1.07 bits per heavy atom. The van der Waals surface area contributed by atoms with Crippen LogP contribution in [0.5, 0.6) is 5.75 Å². The van der Waals surface area contributed by atoms with Crippen LogP contribution in [0.2, 0.25) is 0 Å². The zero-order valence-corrected chi connectivity index (χ0v) is 23.6. The number of carbonyl (C=O) groups is 1. The van der Waals surface area contributed by atoms with Gasteiger partial charge in [0.25, 0.3) is 0 Å². The number of ether oxygens (including phenoxy) is 1. The fraction of sp³-hybridized carbons (Fsp3) is 0.500. The van der Waals surface area contributed by atoms with Crippen molar-refractivity contribution in [2.24, 2.45) is 5.92 Å². The van der Waals surface area contributed by atoms with Gasteiger partial charge in [0.05, 0.1) is 0 Å². The topological polar surface area (TPSA) is 88.7 Å². The average molecular weight is 596 g/mol. The summed E-state index contributed by atoms with van der Waals surface area (Å²) in [5, 5.41) is 13.9. The molecule has 42 heavy (non-hydrogen) atoms. The Hall–Kier alpha value is -3.54. The molecule has 7 nitrogen and oxygen atoms in total. The first-order valence-corrected chi connectivity index (χ1v) is 13.8. The van der Waals surface area contributed by atoms with E-state index in [4.69, 9.17) is 4.52 Å². The first kappa shape index (κ1) is 31.4. The monoisotopic (exact) mass is 595 g/mol. The molecule has 0 radical (unpaired) electrons. The van der Waals surface area contributed by atoms with E-state index in [2.05, 4.69) is 14.9 Å². The van der Waals surface area contributed by atoms with Crippen molar-refractivity contribution in [1.82, 2.24) is 10.1 Å². The normalized spacial score (nSPS) is 19.0. The van der Waals surface area contributed by atoms with Crippen molar-refractivity contribution in [3.8, 4) is 16.9 Å². The van der Waals surface area contributed by atoms with Crippen LogP contribution in [0.15, 0.2) is 53.1 Å². The first-order valence-electron chi connectivity index (χ1n) is 13.8. The third-order valence-corrected chi connectivity index (χ3v) is 7.27. The highest BCUT2D eigenvalue weighted by atomic mass is 19.4. The van der Waals surface area contributed by atoms with Crippen LogP contribution in [0.3, 0.4) is 0 Å². The van der Waals surface area contributed by atoms with Gasteiger partial charge in [-0.3, -0.25) is 4.79 Å². The Kier molecular flexibility index (Phi) is 9.24. The number of anilines is 1. The quantitative estimate of drug-likeness (QED) is 0.188. The molecule has 12 heteroatoms. The molecule has 4 rings (SSSR count). The molecule has 1 fully saturated rings. The van der Waals surface area contributed by atoms with Gasteiger partial charge >= 0.3 is 12.8 Å². The van der Waals surface area contributed by atoms with Gasteiger partial charge in [-0.1, -0.05) is 56.6 Å². The van der Waals surface area contributed by atoms with E-state index < -0.39 is 43.1 Å². The maximum absolute atomic E-state index is 13.4. The highest BCUT2D eigenvalue weighted by Gasteiger charge is 2.63. The van der Waals surface area contributed by atoms with Crippen molar-refractivity contribution in [3.05, 3.63) is 60.2 Å². The predicted octanol–water partition coefficient (Wildman–Crippen LogP) is 7.08. The number of aryl methyl sites for hydroxylation is 1. The van der Waals surface area contributed by atoms with E-state index in [1.54, 1.807) is 36.4 Å². The van der Waals surface area contributed by atoms with Crippen LogP contribution >= 0.6 is 0 Å². The number of alkyl halides is 5. The molecule has 1 amide bonds. The molecule has 0 unspecified atom stereocenters. The second kappa shape index (κ2) is 12.4. The Balaban J connectivity index is 1.45. The van der Waals surface area contributed by atoms with E-state index in [0.29, 0.717) is 47.8 Å². The molecule has 228 valence electrons. The summed E-state index contributed by atoms with van der Waals surface area (Å²) in [6, 6.07) is 12.9. The number of aliphatic hydroxyl groups is 1. The minimum absolute atomic E-state index is 0.000654. The molecule has 0 bridgehead atoms. The Labute approximate surface area is 240 Å². The lowest BCUT2D eigenvalue weighted by Crippen LogP contribution is -2.59. The van der Waals surface area contributed by atoms with Gasteiger partial charge in [-0.2, -0.15) is 26.9 Å². The third-order valence-electron chi connectivity index (χ3n) is 7.27. The Morgan fingerprint density at radius 2 is 1.76 bits per heavy atom. The Bertz CT molecular complexity index is 1350. The van der Waals surface area contributed by atoms with Crippen molar-refractivity contribution >= 4 is 11.6 Å². The second-order valence-corrected chi connectivity index (χ2v) is 11.7. The van der Waals surface area contributed by atoms with Crippen LogP contribution < -0.4 is 9.64 Å². The molecule has 1 aromatic heterocycles. The fourth-order valence-corrected chi connectivity index (χ4v) is 4.82. The number of rotatable bonds is 11. The highest BCUT2D eigenvalue weighted by Crippen LogP contribution is 2.49. The number of aromatic nitrogens is 2. The van der Waals surface area contributed by atoms with Crippen LogP contribution in [-0.2, 0) is 16.6 Å². The van der Waals surface area contributed by atoms with E-state index in [-0.39, 0.29) is 17.7 Å². The standard InChI is InChI=1S/C30H34F5N3O4/c1-28(2,3)26-36-24(37-42-26)10-5-4-6-15-38(25(39)21-17-29(40,18-21)30(33,34)35)22-9-7-8-20(16-22)19-11-13-23(14-12-19)41-27(31)32/h7-9,11-14,16,21,27,40H,4-6,10,15,17-18H2,1-3H3/t21-,29+. The summed E-state index contributed by atoms with van der Waals surface area (Å²) >= 11 is 0. The number of hydrogen-bond donors (Lipinski definition) is 1. The first-order chi connectivity index (χ1) is 19.7. The van der Waals surface area contributed by atoms with Crippen molar-refractivity contribution in [3.63, 3.8) is 0 Å².